The van der Waals surface area contributed by atoms with Crippen molar-refractivity contribution >= 4 is 17.3 Å². The average Bonchev–Trinajstić information content (AvgIpc) is 2.55. The molecule has 4 nitrogen and oxygen atoms in total. The van der Waals surface area contributed by atoms with Crippen molar-refractivity contribution in [3.05, 3.63) is 53.6 Å². The molecule has 0 spiro atoms. The number of carbonyl (C=O) groups is 1. The third-order valence-electron chi connectivity index (χ3n) is 4.44. The summed E-state index contributed by atoms with van der Waals surface area (Å²) < 4.78 is 5.13. The van der Waals surface area contributed by atoms with Crippen LogP contribution in [0.3, 0.4) is 0 Å². The van der Waals surface area contributed by atoms with E-state index in [1.807, 2.05) is 6.07 Å². The summed E-state index contributed by atoms with van der Waals surface area (Å²) in [6.07, 6.45) is 3.83. The Bertz CT molecular complexity index is 712. The van der Waals surface area contributed by atoms with Crippen LogP contribution >= 0.6 is 0 Å². The zero-order chi connectivity index (χ0) is 16.2. The quantitative estimate of drug-likeness (QED) is 0.846. The van der Waals surface area contributed by atoms with Gasteiger partial charge in [0.15, 0.2) is 0 Å². The van der Waals surface area contributed by atoms with Gasteiger partial charge in [0, 0.05) is 12.1 Å². The van der Waals surface area contributed by atoms with Crippen molar-refractivity contribution in [3.8, 4) is 5.75 Å². The van der Waals surface area contributed by atoms with E-state index in [0.717, 1.165) is 19.3 Å². The monoisotopic (exact) mass is 310 g/mol. The molecule has 0 saturated heterocycles. The smallest absolute Gasteiger partial charge is 0.224 e. The Labute approximate surface area is 136 Å². The standard InChI is InChI=1S/C19H22N2O2/c1-23-18-10-9-15(12-17(18)20)21-19(22)11-14-7-4-6-13-5-2-3-8-16(13)14/h2-3,5,8-10,12,14H,4,6-7,11,20H2,1H3,(H,21,22). The molecule has 0 heterocycles. The maximum atomic E-state index is 12.4. The summed E-state index contributed by atoms with van der Waals surface area (Å²) in [6.45, 7) is 0. The van der Waals surface area contributed by atoms with E-state index >= 15 is 0 Å². The highest BCUT2D eigenvalue weighted by molar-refractivity contribution is 5.92. The minimum atomic E-state index is 0.0243. The molecule has 23 heavy (non-hydrogen) atoms. The van der Waals surface area contributed by atoms with Crippen LogP contribution in [0.25, 0.3) is 0 Å². The first kappa shape index (κ1) is 15.4. The van der Waals surface area contributed by atoms with Gasteiger partial charge >= 0.3 is 0 Å². The van der Waals surface area contributed by atoms with Crippen molar-refractivity contribution in [2.24, 2.45) is 0 Å². The molecule has 0 radical (unpaired) electrons. The van der Waals surface area contributed by atoms with Gasteiger partial charge in [-0.2, -0.15) is 0 Å². The van der Waals surface area contributed by atoms with Crippen LogP contribution in [0.4, 0.5) is 11.4 Å². The second-order valence-electron chi connectivity index (χ2n) is 6.00. The number of rotatable bonds is 4. The lowest BCUT2D eigenvalue weighted by Gasteiger charge is -2.25. The number of nitrogens with two attached hydrogens (primary N) is 1. The molecule has 0 bridgehead atoms. The van der Waals surface area contributed by atoms with Gasteiger partial charge in [-0.05, 0) is 54.5 Å². The number of amides is 1. The van der Waals surface area contributed by atoms with Crippen LogP contribution in [-0.2, 0) is 11.2 Å². The normalized spacial score (nSPS) is 16.5. The molecule has 1 aliphatic rings. The van der Waals surface area contributed by atoms with Gasteiger partial charge in [0.25, 0.3) is 0 Å². The molecule has 0 aromatic heterocycles. The lowest BCUT2D eigenvalue weighted by molar-refractivity contribution is -0.116. The molecular weight excluding hydrogens is 288 g/mol. The number of nitrogen functional groups attached to an aromatic ring is 1. The zero-order valence-electron chi connectivity index (χ0n) is 13.3. The first-order valence-electron chi connectivity index (χ1n) is 7.98. The van der Waals surface area contributed by atoms with Crippen LogP contribution in [0.2, 0.25) is 0 Å². The summed E-state index contributed by atoms with van der Waals surface area (Å²) in [6, 6.07) is 13.7. The Morgan fingerprint density at radius 1 is 1.30 bits per heavy atom. The molecule has 1 amide bonds. The Morgan fingerprint density at radius 2 is 2.13 bits per heavy atom. The summed E-state index contributed by atoms with van der Waals surface area (Å²) >= 11 is 0. The molecule has 1 atom stereocenters. The third-order valence-corrected chi connectivity index (χ3v) is 4.44. The Hall–Kier alpha value is -2.49. The molecule has 2 aromatic rings. The topological polar surface area (TPSA) is 64.3 Å². The van der Waals surface area contributed by atoms with Gasteiger partial charge in [-0.25, -0.2) is 0 Å². The highest BCUT2D eigenvalue weighted by Crippen LogP contribution is 2.34. The van der Waals surface area contributed by atoms with E-state index in [4.69, 9.17) is 10.5 Å². The van der Waals surface area contributed by atoms with E-state index in [2.05, 4.69) is 29.6 Å². The summed E-state index contributed by atoms with van der Waals surface area (Å²) in [5.41, 5.74) is 9.81. The molecule has 2 aromatic carbocycles. The molecule has 0 fully saturated rings. The predicted molar refractivity (Wildman–Crippen MR) is 92.8 cm³/mol. The van der Waals surface area contributed by atoms with Crippen molar-refractivity contribution in [2.45, 2.75) is 31.6 Å². The number of aryl methyl sites for hydroxylation is 1. The molecule has 0 aliphatic heterocycles. The van der Waals surface area contributed by atoms with Gasteiger partial charge in [-0.3, -0.25) is 4.79 Å². The van der Waals surface area contributed by atoms with E-state index in [-0.39, 0.29) is 5.91 Å². The maximum Gasteiger partial charge on any atom is 0.224 e. The lowest BCUT2D eigenvalue weighted by atomic mass is 9.81. The van der Waals surface area contributed by atoms with Gasteiger partial charge < -0.3 is 15.8 Å². The second-order valence-corrected chi connectivity index (χ2v) is 6.00. The number of benzene rings is 2. The van der Waals surface area contributed by atoms with Crippen molar-refractivity contribution in [3.63, 3.8) is 0 Å². The fourth-order valence-electron chi connectivity index (χ4n) is 3.31. The molecule has 1 unspecified atom stereocenters. The summed E-state index contributed by atoms with van der Waals surface area (Å²) in [7, 11) is 1.57. The average molecular weight is 310 g/mol. The Morgan fingerprint density at radius 3 is 2.91 bits per heavy atom. The second kappa shape index (κ2) is 6.73. The largest absolute Gasteiger partial charge is 0.495 e. The fourth-order valence-corrected chi connectivity index (χ4v) is 3.31. The number of ether oxygens (including phenoxy) is 1. The van der Waals surface area contributed by atoms with Crippen molar-refractivity contribution < 1.29 is 9.53 Å². The number of nitrogens with one attached hydrogen (secondary N) is 1. The zero-order valence-corrected chi connectivity index (χ0v) is 13.3. The number of carbonyl (C=O) groups excluding carboxylic acids is 1. The summed E-state index contributed by atoms with van der Waals surface area (Å²) in [5, 5.41) is 2.94. The van der Waals surface area contributed by atoms with E-state index in [1.54, 1.807) is 19.2 Å². The number of anilines is 2. The van der Waals surface area contributed by atoms with Gasteiger partial charge in [-0.1, -0.05) is 24.3 Å². The van der Waals surface area contributed by atoms with E-state index in [9.17, 15) is 4.79 Å². The predicted octanol–water partition coefficient (Wildman–Crippen LogP) is 3.73. The van der Waals surface area contributed by atoms with Gasteiger partial charge in [0.05, 0.1) is 12.8 Å². The van der Waals surface area contributed by atoms with Crippen molar-refractivity contribution in [1.29, 1.82) is 0 Å². The molecular formula is C19H22N2O2. The molecule has 0 saturated carbocycles. The first-order valence-corrected chi connectivity index (χ1v) is 7.98. The molecule has 120 valence electrons. The third kappa shape index (κ3) is 3.47. The number of hydrogen-bond acceptors (Lipinski definition) is 3. The van der Waals surface area contributed by atoms with Crippen LogP contribution in [0, 0.1) is 0 Å². The van der Waals surface area contributed by atoms with Crippen LogP contribution in [-0.4, -0.2) is 13.0 Å². The van der Waals surface area contributed by atoms with E-state index in [0.29, 0.717) is 29.5 Å². The minimum absolute atomic E-state index is 0.0243. The van der Waals surface area contributed by atoms with E-state index < -0.39 is 0 Å². The lowest BCUT2D eigenvalue weighted by Crippen LogP contribution is -2.18. The molecule has 3 N–H and O–H groups in total. The number of hydrogen-bond donors (Lipinski definition) is 2. The SMILES string of the molecule is COc1ccc(NC(=O)CC2CCCc3ccccc32)cc1N. The Balaban J connectivity index is 1.67. The van der Waals surface area contributed by atoms with Gasteiger partial charge in [0.1, 0.15) is 5.75 Å². The number of methoxy groups -OCH3 is 1. The van der Waals surface area contributed by atoms with Crippen molar-refractivity contribution in [1.82, 2.24) is 0 Å². The van der Waals surface area contributed by atoms with Crippen LogP contribution in [0.15, 0.2) is 42.5 Å². The van der Waals surface area contributed by atoms with Crippen molar-refractivity contribution in [2.75, 3.05) is 18.2 Å². The van der Waals surface area contributed by atoms with Crippen LogP contribution < -0.4 is 15.8 Å². The fraction of sp³-hybridized carbons (Fsp3) is 0.316. The van der Waals surface area contributed by atoms with Gasteiger partial charge in [0.2, 0.25) is 5.91 Å². The molecule has 3 rings (SSSR count). The Kier molecular flexibility index (Phi) is 4.51. The maximum absolute atomic E-state index is 12.4. The van der Waals surface area contributed by atoms with Gasteiger partial charge in [-0.15, -0.1) is 0 Å². The highest BCUT2D eigenvalue weighted by atomic mass is 16.5. The molecule has 1 aliphatic carbocycles. The van der Waals surface area contributed by atoms with E-state index in [1.165, 1.54) is 11.1 Å². The van der Waals surface area contributed by atoms with Crippen LogP contribution in [0.1, 0.15) is 36.3 Å². The van der Waals surface area contributed by atoms with Crippen LogP contribution in [0.5, 0.6) is 5.75 Å². The molecule has 4 heteroatoms. The highest BCUT2D eigenvalue weighted by Gasteiger charge is 2.22. The first-order chi connectivity index (χ1) is 11.2. The summed E-state index contributed by atoms with van der Waals surface area (Å²) in [5.74, 6) is 0.941. The number of fused-ring (bicyclic) bond motifs is 1. The summed E-state index contributed by atoms with van der Waals surface area (Å²) in [4.78, 5) is 12.4. The minimum Gasteiger partial charge on any atom is -0.495 e.